The number of para-hydroxylation sites is 2. The second-order valence-electron chi connectivity index (χ2n) is 6.33. The van der Waals surface area contributed by atoms with Crippen LogP contribution in [0.2, 0.25) is 0 Å². The smallest absolute Gasteiger partial charge is 0.225 e. The highest BCUT2D eigenvalue weighted by atomic mass is 32.1. The molecule has 6 heteroatoms. The van der Waals surface area contributed by atoms with Crippen LogP contribution in [0.15, 0.2) is 66.0 Å². The Morgan fingerprint density at radius 1 is 0.929 bits per heavy atom. The zero-order valence-corrected chi connectivity index (χ0v) is 16.5. The summed E-state index contributed by atoms with van der Waals surface area (Å²) >= 11 is 1.73. The van der Waals surface area contributed by atoms with Crippen molar-refractivity contribution in [2.24, 2.45) is 0 Å². The van der Waals surface area contributed by atoms with Crippen LogP contribution in [-0.4, -0.2) is 23.6 Å². The molecule has 0 radical (unpaired) electrons. The van der Waals surface area contributed by atoms with E-state index >= 15 is 0 Å². The fourth-order valence-corrected chi connectivity index (χ4v) is 3.74. The molecule has 142 valence electrons. The van der Waals surface area contributed by atoms with Gasteiger partial charge in [0.05, 0.1) is 19.2 Å². The maximum absolute atomic E-state index is 5.42. The predicted octanol–water partition coefficient (Wildman–Crippen LogP) is 4.97. The summed E-state index contributed by atoms with van der Waals surface area (Å²) in [7, 11) is 1.70. The number of benzene rings is 2. The maximum Gasteiger partial charge on any atom is 0.225 e. The van der Waals surface area contributed by atoms with Gasteiger partial charge in [0.2, 0.25) is 5.95 Å². The lowest BCUT2D eigenvalue weighted by molar-refractivity contribution is 0.410. The van der Waals surface area contributed by atoms with Crippen molar-refractivity contribution in [1.29, 1.82) is 0 Å². The minimum absolute atomic E-state index is 0.627. The van der Waals surface area contributed by atoms with E-state index in [0.29, 0.717) is 5.95 Å². The summed E-state index contributed by atoms with van der Waals surface area (Å²) < 4.78 is 5.42. The van der Waals surface area contributed by atoms with E-state index in [1.165, 1.54) is 4.88 Å². The minimum atomic E-state index is 0.627. The van der Waals surface area contributed by atoms with E-state index in [1.54, 1.807) is 18.4 Å². The number of methoxy groups -OCH3 is 1. The van der Waals surface area contributed by atoms with Crippen LogP contribution in [0.5, 0.6) is 5.75 Å². The van der Waals surface area contributed by atoms with Crippen LogP contribution >= 0.6 is 11.3 Å². The van der Waals surface area contributed by atoms with E-state index in [9.17, 15) is 0 Å². The average Bonchev–Trinajstić information content (AvgIpc) is 3.26. The molecule has 4 aromatic rings. The molecule has 2 aromatic carbocycles. The molecule has 0 aliphatic heterocycles. The summed E-state index contributed by atoms with van der Waals surface area (Å²) in [5.41, 5.74) is 2.08. The molecule has 4 rings (SSSR count). The second-order valence-corrected chi connectivity index (χ2v) is 7.37. The molecule has 0 aliphatic rings. The standard InChI is InChI=1S/C22H22N4OS/c1-27-20-11-5-2-7-16(20)12-13-23-22-25-19-10-4-3-9-18(19)21(26-22)24-15-17-8-6-14-28-17/h2-11,14H,12-13,15H2,1H3,(H2,23,24,25,26). The zero-order valence-electron chi connectivity index (χ0n) is 15.7. The molecule has 0 atom stereocenters. The Hall–Kier alpha value is -3.12. The number of nitrogens with one attached hydrogen (secondary N) is 2. The maximum atomic E-state index is 5.42. The van der Waals surface area contributed by atoms with Crippen molar-refractivity contribution in [2.75, 3.05) is 24.3 Å². The summed E-state index contributed by atoms with van der Waals surface area (Å²) in [6.07, 6.45) is 0.832. The summed E-state index contributed by atoms with van der Waals surface area (Å²) in [6, 6.07) is 20.3. The largest absolute Gasteiger partial charge is 0.496 e. The van der Waals surface area contributed by atoms with E-state index in [1.807, 2.05) is 42.5 Å². The number of thiophene rings is 1. The highest BCUT2D eigenvalue weighted by molar-refractivity contribution is 7.09. The van der Waals surface area contributed by atoms with Crippen LogP contribution in [0.25, 0.3) is 10.9 Å². The second kappa shape index (κ2) is 8.71. The third-order valence-corrected chi connectivity index (χ3v) is 5.36. The summed E-state index contributed by atoms with van der Waals surface area (Å²) in [6.45, 7) is 1.47. The number of hydrogen-bond donors (Lipinski definition) is 2. The first-order valence-corrected chi connectivity index (χ1v) is 10.1. The highest BCUT2D eigenvalue weighted by Crippen LogP contribution is 2.23. The average molecular weight is 391 g/mol. The molecular weight excluding hydrogens is 368 g/mol. The highest BCUT2D eigenvalue weighted by Gasteiger charge is 2.08. The molecule has 0 amide bonds. The predicted molar refractivity (Wildman–Crippen MR) is 116 cm³/mol. The molecular formula is C22H22N4OS. The first-order chi connectivity index (χ1) is 13.8. The zero-order chi connectivity index (χ0) is 19.2. The molecule has 28 heavy (non-hydrogen) atoms. The fourth-order valence-electron chi connectivity index (χ4n) is 3.09. The third kappa shape index (κ3) is 4.23. The Bertz CT molecular complexity index is 1050. The van der Waals surface area contributed by atoms with Crippen LogP contribution in [0.4, 0.5) is 11.8 Å². The third-order valence-electron chi connectivity index (χ3n) is 4.48. The molecule has 5 nitrogen and oxygen atoms in total. The van der Waals surface area contributed by atoms with Crippen molar-refractivity contribution < 1.29 is 4.74 Å². The summed E-state index contributed by atoms with van der Waals surface area (Å²) in [5, 5.41) is 9.92. The van der Waals surface area contributed by atoms with Crippen molar-refractivity contribution in [1.82, 2.24) is 9.97 Å². The van der Waals surface area contributed by atoms with Gasteiger partial charge in [0.25, 0.3) is 0 Å². The van der Waals surface area contributed by atoms with Crippen molar-refractivity contribution in [3.63, 3.8) is 0 Å². The van der Waals surface area contributed by atoms with Crippen LogP contribution in [-0.2, 0) is 13.0 Å². The van der Waals surface area contributed by atoms with Gasteiger partial charge in [0.1, 0.15) is 11.6 Å². The topological polar surface area (TPSA) is 59.1 Å². The molecule has 0 saturated carbocycles. The molecule has 2 aromatic heterocycles. The number of rotatable bonds is 8. The number of ether oxygens (including phenoxy) is 1. The molecule has 0 bridgehead atoms. The van der Waals surface area contributed by atoms with Gasteiger partial charge in [0.15, 0.2) is 0 Å². The van der Waals surface area contributed by atoms with Crippen LogP contribution in [0.1, 0.15) is 10.4 Å². The number of nitrogens with zero attached hydrogens (tertiary/aromatic N) is 2. The van der Waals surface area contributed by atoms with Crippen LogP contribution in [0, 0.1) is 0 Å². The van der Waals surface area contributed by atoms with E-state index in [4.69, 9.17) is 9.72 Å². The lowest BCUT2D eigenvalue weighted by Gasteiger charge is -2.12. The van der Waals surface area contributed by atoms with E-state index in [-0.39, 0.29) is 0 Å². The van der Waals surface area contributed by atoms with Crippen molar-refractivity contribution >= 4 is 34.0 Å². The Morgan fingerprint density at radius 3 is 2.64 bits per heavy atom. The van der Waals surface area contributed by atoms with Gasteiger partial charge in [-0.1, -0.05) is 36.4 Å². The Balaban J connectivity index is 1.50. The minimum Gasteiger partial charge on any atom is -0.496 e. The SMILES string of the molecule is COc1ccccc1CCNc1nc(NCc2cccs2)c2ccccc2n1. The fraction of sp³-hybridized carbons (Fsp3) is 0.182. The van der Waals surface area contributed by atoms with Gasteiger partial charge in [-0.25, -0.2) is 4.98 Å². The van der Waals surface area contributed by atoms with Gasteiger partial charge < -0.3 is 15.4 Å². The first-order valence-electron chi connectivity index (χ1n) is 9.22. The molecule has 2 heterocycles. The van der Waals surface area contributed by atoms with Gasteiger partial charge in [-0.2, -0.15) is 4.98 Å². The van der Waals surface area contributed by atoms with Crippen LogP contribution in [0.3, 0.4) is 0 Å². The van der Waals surface area contributed by atoms with E-state index in [0.717, 1.165) is 47.5 Å². The van der Waals surface area contributed by atoms with Crippen LogP contribution < -0.4 is 15.4 Å². The van der Waals surface area contributed by atoms with Gasteiger partial charge >= 0.3 is 0 Å². The molecule has 0 saturated heterocycles. The Kier molecular flexibility index (Phi) is 5.68. The molecule has 2 N–H and O–H groups in total. The molecule has 0 unspecified atom stereocenters. The first kappa shape index (κ1) is 18.3. The molecule has 0 spiro atoms. The lowest BCUT2D eigenvalue weighted by atomic mass is 10.1. The number of anilines is 2. The normalized spacial score (nSPS) is 10.8. The number of fused-ring (bicyclic) bond motifs is 1. The lowest BCUT2D eigenvalue weighted by Crippen LogP contribution is -2.10. The monoisotopic (exact) mass is 390 g/mol. The van der Waals surface area contributed by atoms with Crippen molar-refractivity contribution in [3.05, 3.63) is 76.5 Å². The number of aromatic nitrogens is 2. The van der Waals surface area contributed by atoms with Gasteiger partial charge in [-0.15, -0.1) is 11.3 Å². The quantitative estimate of drug-likeness (QED) is 0.445. The van der Waals surface area contributed by atoms with Crippen molar-refractivity contribution in [2.45, 2.75) is 13.0 Å². The van der Waals surface area contributed by atoms with E-state index in [2.05, 4.69) is 39.2 Å². The summed E-state index contributed by atoms with van der Waals surface area (Å²) in [4.78, 5) is 10.6. The van der Waals surface area contributed by atoms with Gasteiger partial charge in [0, 0.05) is 16.8 Å². The van der Waals surface area contributed by atoms with Gasteiger partial charge in [-0.3, -0.25) is 0 Å². The van der Waals surface area contributed by atoms with Gasteiger partial charge in [-0.05, 0) is 41.6 Å². The molecule has 0 fully saturated rings. The Morgan fingerprint density at radius 2 is 1.79 bits per heavy atom. The summed E-state index contributed by atoms with van der Waals surface area (Å²) in [5.74, 6) is 2.38. The van der Waals surface area contributed by atoms with Crippen molar-refractivity contribution in [3.8, 4) is 5.75 Å². The Labute approximate surface area is 168 Å². The van der Waals surface area contributed by atoms with E-state index < -0.39 is 0 Å². The molecule has 0 aliphatic carbocycles. The number of hydrogen-bond acceptors (Lipinski definition) is 6.